The van der Waals surface area contributed by atoms with Gasteiger partial charge in [-0.3, -0.25) is 10.1 Å². The molecule has 6 heteroatoms. The minimum Gasteiger partial charge on any atom is -0.494 e. The second kappa shape index (κ2) is 7.97. The van der Waals surface area contributed by atoms with Crippen molar-refractivity contribution in [2.45, 2.75) is 13.8 Å². The Morgan fingerprint density at radius 2 is 1.92 bits per heavy atom. The van der Waals surface area contributed by atoms with Gasteiger partial charge in [0.25, 0.3) is 5.91 Å². The monoisotopic (exact) mass is 464 g/mol. The van der Waals surface area contributed by atoms with E-state index in [9.17, 15) is 4.79 Å². The number of hydrogen-bond donors (Lipinski definition) is 1. The highest BCUT2D eigenvalue weighted by Crippen LogP contribution is 2.31. The maximum atomic E-state index is 12.4. The molecule has 0 bridgehead atoms. The first-order valence-corrected chi connectivity index (χ1v) is 9.74. The predicted molar refractivity (Wildman–Crippen MR) is 111 cm³/mol. The Morgan fingerprint density at radius 3 is 2.60 bits per heavy atom. The van der Waals surface area contributed by atoms with Gasteiger partial charge in [-0.1, -0.05) is 12.1 Å². The van der Waals surface area contributed by atoms with Crippen LogP contribution in [0.2, 0.25) is 0 Å². The summed E-state index contributed by atoms with van der Waals surface area (Å²) < 4.78 is 6.38. The summed E-state index contributed by atoms with van der Waals surface area (Å²) in [6.45, 7) is 4.61. The Kier molecular flexibility index (Phi) is 5.70. The van der Waals surface area contributed by atoms with Crippen molar-refractivity contribution in [1.82, 2.24) is 4.98 Å². The van der Waals surface area contributed by atoms with Crippen LogP contribution in [0.1, 0.15) is 22.2 Å². The van der Waals surface area contributed by atoms with E-state index in [1.165, 1.54) is 11.3 Å². The summed E-state index contributed by atoms with van der Waals surface area (Å²) in [5, 5.41) is 3.50. The molecular weight excluding hydrogens is 447 g/mol. The smallest absolute Gasteiger partial charge is 0.258 e. The van der Waals surface area contributed by atoms with Crippen LogP contribution in [0.3, 0.4) is 0 Å². The number of amides is 1. The average molecular weight is 464 g/mol. The van der Waals surface area contributed by atoms with Gasteiger partial charge < -0.3 is 4.74 Å². The molecule has 0 fully saturated rings. The number of ether oxygens (including phenoxy) is 1. The van der Waals surface area contributed by atoms with Gasteiger partial charge in [-0.2, -0.15) is 0 Å². The van der Waals surface area contributed by atoms with Gasteiger partial charge in [-0.15, -0.1) is 11.3 Å². The number of aryl methyl sites for hydroxylation is 1. The third-order valence-electron chi connectivity index (χ3n) is 3.57. The number of carbonyl (C=O) groups is 1. The number of halogens is 1. The molecule has 25 heavy (non-hydrogen) atoms. The average Bonchev–Trinajstić information content (AvgIpc) is 2.96. The second-order valence-corrected chi connectivity index (χ2v) is 7.68. The second-order valence-electron chi connectivity index (χ2n) is 5.32. The zero-order valence-corrected chi connectivity index (χ0v) is 16.8. The van der Waals surface area contributed by atoms with Crippen LogP contribution < -0.4 is 10.1 Å². The molecule has 0 aliphatic heterocycles. The van der Waals surface area contributed by atoms with Gasteiger partial charge in [0.2, 0.25) is 0 Å². The van der Waals surface area contributed by atoms with Gasteiger partial charge in [-0.25, -0.2) is 4.98 Å². The Morgan fingerprint density at radius 1 is 1.20 bits per heavy atom. The summed E-state index contributed by atoms with van der Waals surface area (Å²) in [5.74, 6) is 0.698. The Balaban J connectivity index is 1.80. The van der Waals surface area contributed by atoms with E-state index in [-0.39, 0.29) is 5.91 Å². The van der Waals surface area contributed by atoms with Crippen molar-refractivity contribution in [3.8, 4) is 17.0 Å². The Bertz CT molecular complexity index is 891. The van der Waals surface area contributed by atoms with Gasteiger partial charge in [0.15, 0.2) is 5.13 Å². The Labute approximate surface area is 164 Å². The molecule has 1 heterocycles. The van der Waals surface area contributed by atoms with Crippen LogP contribution in [0.25, 0.3) is 11.3 Å². The fraction of sp³-hybridized carbons (Fsp3) is 0.158. The van der Waals surface area contributed by atoms with Crippen molar-refractivity contribution >= 4 is 45.0 Å². The molecule has 0 saturated heterocycles. The maximum Gasteiger partial charge on any atom is 0.258 e. The lowest BCUT2D eigenvalue weighted by molar-refractivity contribution is 0.102. The van der Waals surface area contributed by atoms with Crippen LogP contribution in [-0.4, -0.2) is 17.5 Å². The first-order valence-electron chi connectivity index (χ1n) is 7.85. The van der Waals surface area contributed by atoms with Crippen LogP contribution in [0.4, 0.5) is 5.13 Å². The van der Waals surface area contributed by atoms with Crippen LogP contribution in [0.15, 0.2) is 48.5 Å². The molecular formula is C19H17IN2O2S. The molecule has 1 aromatic heterocycles. The summed E-state index contributed by atoms with van der Waals surface area (Å²) in [4.78, 5) is 18.1. The quantitative estimate of drug-likeness (QED) is 0.517. The zero-order valence-electron chi connectivity index (χ0n) is 13.9. The summed E-state index contributed by atoms with van der Waals surface area (Å²) in [6, 6.07) is 15.3. The number of aromatic nitrogens is 1. The van der Waals surface area contributed by atoms with Crippen molar-refractivity contribution < 1.29 is 9.53 Å². The molecule has 0 atom stereocenters. The van der Waals surface area contributed by atoms with E-state index in [0.717, 1.165) is 25.5 Å². The van der Waals surface area contributed by atoms with Crippen molar-refractivity contribution in [1.29, 1.82) is 0 Å². The standard InChI is InChI=1S/C19H17IN2O2S/c1-3-24-14-10-8-13(9-11-14)17-12(2)25-19(21-17)22-18(23)15-6-4-5-7-16(15)20/h4-11H,3H2,1-2H3,(H,21,22,23). The molecule has 3 rings (SSSR count). The van der Waals surface area contributed by atoms with E-state index in [1.54, 1.807) is 0 Å². The van der Waals surface area contributed by atoms with E-state index >= 15 is 0 Å². The summed E-state index contributed by atoms with van der Waals surface area (Å²) in [7, 11) is 0. The molecule has 128 valence electrons. The number of carbonyl (C=O) groups excluding carboxylic acids is 1. The van der Waals surface area contributed by atoms with E-state index < -0.39 is 0 Å². The molecule has 1 amide bonds. The van der Waals surface area contributed by atoms with E-state index in [2.05, 4.69) is 32.9 Å². The van der Waals surface area contributed by atoms with Crippen molar-refractivity contribution in [2.75, 3.05) is 11.9 Å². The zero-order chi connectivity index (χ0) is 17.8. The molecule has 3 aromatic rings. The third-order valence-corrected chi connectivity index (χ3v) is 5.40. The lowest BCUT2D eigenvalue weighted by atomic mass is 10.1. The van der Waals surface area contributed by atoms with Gasteiger partial charge in [0, 0.05) is 14.0 Å². The number of rotatable bonds is 5. The highest BCUT2D eigenvalue weighted by atomic mass is 127. The minimum absolute atomic E-state index is 0.142. The third kappa shape index (κ3) is 4.19. The first kappa shape index (κ1) is 17.9. The number of hydrogen-bond acceptors (Lipinski definition) is 4. The number of thiazole rings is 1. The molecule has 0 saturated carbocycles. The maximum absolute atomic E-state index is 12.4. The largest absolute Gasteiger partial charge is 0.494 e. The molecule has 4 nitrogen and oxygen atoms in total. The highest BCUT2D eigenvalue weighted by molar-refractivity contribution is 14.1. The van der Waals surface area contributed by atoms with Crippen LogP contribution in [0, 0.1) is 10.5 Å². The van der Waals surface area contributed by atoms with E-state index in [0.29, 0.717) is 17.3 Å². The van der Waals surface area contributed by atoms with Crippen molar-refractivity contribution in [2.24, 2.45) is 0 Å². The van der Waals surface area contributed by atoms with Crippen LogP contribution in [-0.2, 0) is 0 Å². The molecule has 0 spiro atoms. The van der Waals surface area contributed by atoms with Crippen molar-refractivity contribution in [3.05, 3.63) is 62.5 Å². The molecule has 0 aliphatic carbocycles. The van der Waals surface area contributed by atoms with Gasteiger partial charge >= 0.3 is 0 Å². The number of nitrogens with zero attached hydrogens (tertiary/aromatic N) is 1. The number of nitrogens with one attached hydrogen (secondary N) is 1. The predicted octanol–water partition coefficient (Wildman–Crippen LogP) is 5.37. The fourth-order valence-corrected chi connectivity index (χ4v) is 3.87. The lowest BCUT2D eigenvalue weighted by Gasteiger charge is -2.04. The summed E-state index contributed by atoms with van der Waals surface area (Å²) >= 11 is 3.64. The van der Waals surface area contributed by atoms with Crippen LogP contribution >= 0.6 is 33.9 Å². The highest BCUT2D eigenvalue weighted by Gasteiger charge is 2.14. The first-order chi connectivity index (χ1) is 12.1. The van der Waals surface area contributed by atoms with Gasteiger partial charge in [0.05, 0.1) is 17.9 Å². The number of anilines is 1. The number of benzene rings is 2. The summed E-state index contributed by atoms with van der Waals surface area (Å²) in [6.07, 6.45) is 0. The molecule has 2 aromatic carbocycles. The lowest BCUT2D eigenvalue weighted by Crippen LogP contribution is -2.13. The normalized spacial score (nSPS) is 10.5. The Hall–Kier alpha value is -1.93. The molecule has 0 unspecified atom stereocenters. The topological polar surface area (TPSA) is 51.2 Å². The van der Waals surface area contributed by atoms with Gasteiger partial charge in [-0.05, 0) is 72.8 Å². The molecule has 1 N–H and O–H groups in total. The summed E-state index contributed by atoms with van der Waals surface area (Å²) in [5.41, 5.74) is 2.54. The fourth-order valence-electron chi connectivity index (χ4n) is 2.40. The van der Waals surface area contributed by atoms with E-state index in [1.807, 2.05) is 62.4 Å². The molecule has 0 aliphatic rings. The van der Waals surface area contributed by atoms with Crippen LogP contribution in [0.5, 0.6) is 5.75 Å². The SMILES string of the molecule is CCOc1ccc(-c2nc(NC(=O)c3ccccc3I)sc2C)cc1. The van der Waals surface area contributed by atoms with Gasteiger partial charge in [0.1, 0.15) is 5.75 Å². The minimum atomic E-state index is -0.142. The molecule has 0 radical (unpaired) electrons. The van der Waals surface area contributed by atoms with Crippen molar-refractivity contribution in [3.63, 3.8) is 0 Å². The van der Waals surface area contributed by atoms with E-state index in [4.69, 9.17) is 4.74 Å².